The van der Waals surface area contributed by atoms with Gasteiger partial charge >= 0.3 is 0 Å². The summed E-state index contributed by atoms with van der Waals surface area (Å²) < 4.78 is 1.59. The number of aryl methyl sites for hydroxylation is 2. The summed E-state index contributed by atoms with van der Waals surface area (Å²) in [5, 5.41) is 4.22. The molecule has 6 nitrogen and oxygen atoms in total. The maximum Gasteiger partial charge on any atom is 0.274 e. The van der Waals surface area contributed by atoms with Crippen LogP contribution in [-0.2, 0) is 7.05 Å². The van der Waals surface area contributed by atoms with Gasteiger partial charge in [0.25, 0.3) is 5.91 Å². The van der Waals surface area contributed by atoms with E-state index in [0.29, 0.717) is 17.4 Å². The zero-order valence-electron chi connectivity index (χ0n) is 12.9. The normalized spacial score (nSPS) is 19.1. The Kier molecular flexibility index (Phi) is 4.32. The Labute approximate surface area is 120 Å². The molecule has 6 heteroatoms. The summed E-state index contributed by atoms with van der Waals surface area (Å²) in [4.78, 5) is 16.9. The SMILES string of the molecule is CCN(CC)C1CCN(C(=O)c2c(N)c(C)nn2C)C1. The molecule has 2 rings (SSSR count). The molecule has 0 aromatic carbocycles. The summed E-state index contributed by atoms with van der Waals surface area (Å²) in [6.07, 6.45) is 1.03. The molecule has 2 heterocycles. The van der Waals surface area contributed by atoms with Crippen LogP contribution in [0.4, 0.5) is 5.69 Å². The van der Waals surface area contributed by atoms with Crippen LogP contribution in [0.2, 0.25) is 0 Å². The maximum absolute atomic E-state index is 12.6. The van der Waals surface area contributed by atoms with E-state index in [1.807, 2.05) is 11.8 Å². The lowest BCUT2D eigenvalue weighted by molar-refractivity contribution is 0.0768. The molecule has 1 saturated heterocycles. The fourth-order valence-electron chi connectivity index (χ4n) is 3.04. The minimum absolute atomic E-state index is 0.000237. The van der Waals surface area contributed by atoms with Crippen LogP contribution in [0.1, 0.15) is 36.5 Å². The van der Waals surface area contributed by atoms with E-state index in [1.54, 1.807) is 11.7 Å². The van der Waals surface area contributed by atoms with Gasteiger partial charge in [0.05, 0.1) is 11.4 Å². The summed E-state index contributed by atoms with van der Waals surface area (Å²) in [5.74, 6) is 0.000237. The van der Waals surface area contributed by atoms with Crippen molar-refractivity contribution in [3.8, 4) is 0 Å². The number of likely N-dealkylation sites (N-methyl/N-ethyl adjacent to an activating group) is 1. The Morgan fingerprint density at radius 2 is 2.10 bits per heavy atom. The molecule has 1 fully saturated rings. The molecule has 0 saturated carbocycles. The topological polar surface area (TPSA) is 67.4 Å². The molecule has 0 aliphatic carbocycles. The first kappa shape index (κ1) is 14.8. The van der Waals surface area contributed by atoms with Gasteiger partial charge in [-0.3, -0.25) is 14.4 Å². The third kappa shape index (κ3) is 2.52. The van der Waals surface area contributed by atoms with Crippen LogP contribution in [0, 0.1) is 6.92 Å². The van der Waals surface area contributed by atoms with Crippen molar-refractivity contribution in [2.75, 3.05) is 31.9 Å². The maximum atomic E-state index is 12.6. The molecule has 0 radical (unpaired) electrons. The van der Waals surface area contributed by atoms with Gasteiger partial charge in [0.1, 0.15) is 5.69 Å². The lowest BCUT2D eigenvalue weighted by atomic mass is 10.2. The molecule has 1 aliphatic rings. The van der Waals surface area contributed by atoms with E-state index in [1.165, 1.54) is 0 Å². The largest absolute Gasteiger partial charge is 0.395 e. The zero-order chi connectivity index (χ0) is 14.9. The van der Waals surface area contributed by atoms with Crippen LogP contribution in [0.5, 0.6) is 0 Å². The van der Waals surface area contributed by atoms with Gasteiger partial charge in [0, 0.05) is 26.2 Å². The number of nitrogens with zero attached hydrogens (tertiary/aromatic N) is 4. The van der Waals surface area contributed by atoms with E-state index in [4.69, 9.17) is 5.73 Å². The van der Waals surface area contributed by atoms with Gasteiger partial charge in [-0.05, 0) is 26.4 Å². The van der Waals surface area contributed by atoms with Crippen LogP contribution in [-0.4, -0.2) is 57.7 Å². The van der Waals surface area contributed by atoms with Crippen LogP contribution < -0.4 is 5.73 Å². The molecule has 0 bridgehead atoms. The number of nitrogens with two attached hydrogens (primary N) is 1. The second-order valence-electron chi connectivity index (χ2n) is 5.39. The van der Waals surface area contributed by atoms with E-state index in [0.717, 1.165) is 38.3 Å². The predicted octanol–water partition coefficient (Wildman–Crippen LogP) is 0.867. The Bertz CT molecular complexity index is 492. The van der Waals surface area contributed by atoms with Crippen molar-refractivity contribution in [3.63, 3.8) is 0 Å². The standard InChI is InChI=1S/C14H25N5O/c1-5-18(6-2)11-7-8-19(9-11)14(20)13-12(15)10(3)16-17(13)4/h11H,5-9,15H2,1-4H3. The molecule has 1 aromatic heterocycles. The fraction of sp³-hybridized carbons (Fsp3) is 0.714. The van der Waals surface area contributed by atoms with E-state index in [2.05, 4.69) is 23.8 Å². The van der Waals surface area contributed by atoms with Gasteiger partial charge in [0.2, 0.25) is 0 Å². The molecule has 1 atom stereocenters. The van der Waals surface area contributed by atoms with Crippen molar-refractivity contribution in [1.29, 1.82) is 0 Å². The number of amides is 1. The van der Waals surface area contributed by atoms with E-state index in [9.17, 15) is 4.79 Å². The first-order valence-electron chi connectivity index (χ1n) is 7.31. The van der Waals surface area contributed by atoms with Crippen molar-refractivity contribution in [2.24, 2.45) is 7.05 Å². The van der Waals surface area contributed by atoms with Crippen LogP contribution in [0.25, 0.3) is 0 Å². The number of likely N-dealkylation sites (tertiary alicyclic amines) is 1. The summed E-state index contributed by atoms with van der Waals surface area (Å²) in [5.41, 5.74) is 7.72. The number of carbonyl (C=O) groups excluding carboxylic acids is 1. The lowest BCUT2D eigenvalue weighted by Gasteiger charge is -2.26. The van der Waals surface area contributed by atoms with Crippen molar-refractivity contribution in [1.82, 2.24) is 19.6 Å². The molecule has 1 amide bonds. The van der Waals surface area contributed by atoms with E-state index >= 15 is 0 Å². The highest BCUT2D eigenvalue weighted by Crippen LogP contribution is 2.22. The van der Waals surface area contributed by atoms with Gasteiger partial charge in [-0.15, -0.1) is 0 Å². The van der Waals surface area contributed by atoms with Gasteiger partial charge in [-0.25, -0.2) is 0 Å². The number of anilines is 1. The molecule has 0 spiro atoms. The first-order chi connectivity index (χ1) is 9.49. The quantitative estimate of drug-likeness (QED) is 0.888. The van der Waals surface area contributed by atoms with E-state index in [-0.39, 0.29) is 5.91 Å². The van der Waals surface area contributed by atoms with Crippen LogP contribution >= 0.6 is 0 Å². The number of rotatable bonds is 4. The number of aromatic nitrogens is 2. The molecule has 112 valence electrons. The van der Waals surface area contributed by atoms with Crippen molar-refractivity contribution in [2.45, 2.75) is 33.2 Å². The third-order valence-electron chi connectivity index (χ3n) is 4.25. The monoisotopic (exact) mass is 279 g/mol. The summed E-state index contributed by atoms with van der Waals surface area (Å²) in [7, 11) is 1.77. The number of nitrogen functional groups attached to an aromatic ring is 1. The molecule has 1 aromatic rings. The lowest BCUT2D eigenvalue weighted by Crippen LogP contribution is -2.39. The summed E-state index contributed by atoms with van der Waals surface area (Å²) in [6, 6.07) is 0.462. The van der Waals surface area contributed by atoms with Gasteiger partial charge < -0.3 is 10.6 Å². The minimum Gasteiger partial charge on any atom is -0.395 e. The number of hydrogen-bond donors (Lipinski definition) is 1. The Morgan fingerprint density at radius 3 is 2.60 bits per heavy atom. The first-order valence-corrected chi connectivity index (χ1v) is 7.31. The van der Waals surface area contributed by atoms with Crippen LogP contribution in [0.3, 0.4) is 0 Å². The zero-order valence-corrected chi connectivity index (χ0v) is 12.9. The highest BCUT2D eigenvalue weighted by atomic mass is 16.2. The van der Waals surface area contributed by atoms with Crippen molar-refractivity contribution >= 4 is 11.6 Å². The van der Waals surface area contributed by atoms with Crippen LogP contribution in [0.15, 0.2) is 0 Å². The molecule has 1 aliphatic heterocycles. The fourth-order valence-corrected chi connectivity index (χ4v) is 3.04. The Balaban J connectivity index is 2.12. The number of hydrogen-bond acceptors (Lipinski definition) is 4. The second-order valence-corrected chi connectivity index (χ2v) is 5.39. The molecule has 20 heavy (non-hydrogen) atoms. The van der Waals surface area contributed by atoms with Crippen molar-refractivity contribution in [3.05, 3.63) is 11.4 Å². The number of carbonyl (C=O) groups is 1. The highest BCUT2D eigenvalue weighted by Gasteiger charge is 2.32. The molecule has 1 unspecified atom stereocenters. The van der Waals surface area contributed by atoms with Gasteiger partial charge in [0.15, 0.2) is 0 Å². The van der Waals surface area contributed by atoms with E-state index < -0.39 is 0 Å². The average molecular weight is 279 g/mol. The van der Waals surface area contributed by atoms with Gasteiger partial charge in [-0.2, -0.15) is 5.10 Å². The Morgan fingerprint density at radius 1 is 1.45 bits per heavy atom. The average Bonchev–Trinajstić information content (AvgIpc) is 2.98. The highest BCUT2D eigenvalue weighted by molar-refractivity contribution is 5.98. The predicted molar refractivity (Wildman–Crippen MR) is 79.6 cm³/mol. The smallest absolute Gasteiger partial charge is 0.274 e. The third-order valence-corrected chi connectivity index (χ3v) is 4.25. The van der Waals surface area contributed by atoms with Crippen molar-refractivity contribution < 1.29 is 4.79 Å². The minimum atomic E-state index is 0.000237. The Hall–Kier alpha value is -1.56. The summed E-state index contributed by atoms with van der Waals surface area (Å²) >= 11 is 0. The molecular formula is C14H25N5O. The second kappa shape index (κ2) is 5.83. The molecule has 2 N–H and O–H groups in total. The summed E-state index contributed by atoms with van der Waals surface area (Å²) in [6.45, 7) is 9.78. The molecular weight excluding hydrogens is 254 g/mol. The van der Waals surface area contributed by atoms with Gasteiger partial charge in [-0.1, -0.05) is 13.8 Å².